The van der Waals surface area contributed by atoms with Crippen molar-refractivity contribution in [3.63, 3.8) is 0 Å². The number of ketones is 5. The molecule has 0 aromatic heterocycles. The number of phenols is 4. The Labute approximate surface area is 568 Å². The Hall–Kier alpha value is -7.43. The van der Waals surface area contributed by atoms with Crippen molar-refractivity contribution in [2.75, 3.05) is 61.3 Å². The summed E-state index contributed by atoms with van der Waals surface area (Å²) < 4.78 is 71.5. The molecular formula is C70H82N4O25. The third-order valence-corrected chi connectivity index (χ3v) is 20.9. The van der Waals surface area contributed by atoms with Gasteiger partial charge in [-0.15, -0.1) is 0 Å². The van der Waals surface area contributed by atoms with E-state index < -0.39 is 179 Å². The smallest absolute Gasteiger partial charge is 0.242 e. The van der Waals surface area contributed by atoms with Gasteiger partial charge in [-0.25, -0.2) is 5.43 Å². The zero-order valence-corrected chi connectivity index (χ0v) is 56.3. The Morgan fingerprint density at radius 3 is 1.42 bits per heavy atom. The van der Waals surface area contributed by atoms with Crippen LogP contribution < -0.4 is 14.9 Å². The summed E-state index contributed by atoms with van der Waals surface area (Å²) in [6.45, 7) is 11.5. The molecule has 8 N–H and O–H groups in total. The van der Waals surface area contributed by atoms with Crippen LogP contribution in [0.1, 0.15) is 165 Å². The number of phenolic OH excluding ortho intramolecular Hbond substituents is 4. The van der Waals surface area contributed by atoms with E-state index in [4.69, 9.17) is 56.8 Å². The number of benzene rings is 4. The van der Waals surface area contributed by atoms with Gasteiger partial charge in [0.15, 0.2) is 55.0 Å². The molecule has 29 heteroatoms. The lowest BCUT2D eigenvalue weighted by Crippen LogP contribution is -2.55. The number of morpholine rings is 2. The average molecular weight is 1380 g/mol. The highest BCUT2D eigenvalue weighted by Crippen LogP contribution is 2.56. The molecule has 532 valence electrons. The number of Topliss-reactive ketones (excluding diaryl/α,β-unsaturated/α-hetero) is 1. The molecule has 1 amide bonds. The third kappa shape index (κ3) is 11.6. The molecule has 6 heterocycles. The molecule has 4 aromatic carbocycles. The number of aliphatic hydroxyl groups excluding tert-OH is 1. The van der Waals surface area contributed by atoms with E-state index in [-0.39, 0.29) is 111 Å². The van der Waals surface area contributed by atoms with Gasteiger partial charge >= 0.3 is 0 Å². The number of aromatic hydroxyl groups is 4. The Balaban J connectivity index is 0.000000179. The van der Waals surface area contributed by atoms with Gasteiger partial charge < -0.3 is 92.6 Å². The van der Waals surface area contributed by atoms with Crippen LogP contribution >= 0.6 is 0 Å². The van der Waals surface area contributed by atoms with Crippen molar-refractivity contribution in [1.82, 2.24) is 15.2 Å². The van der Waals surface area contributed by atoms with Gasteiger partial charge in [0.05, 0.1) is 97.5 Å². The summed E-state index contributed by atoms with van der Waals surface area (Å²) in [5.74, 6) is -7.04. The van der Waals surface area contributed by atoms with Crippen molar-refractivity contribution >= 4 is 40.5 Å². The molecule has 10 aliphatic rings. The zero-order valence-electron chi connectivity index (χ0n) is 56.3. The summed E-state index contributed by atoms with van der Waals surface area (Å²) in [5.41, 5.74) is -3.91. The van der Waals surface area contributed by atoms with Crippen molar-refractivity contribution in [1.29, 1.82) is 0 Å². The van der Waals surface area contributed by atoms with Crippen LogP contribution in [0.25, 0.3) is 0 Å². The molecule has 16 atom stereocenters. The zero-order chi connectivity index (χ0) is 70.7. The fraction of sp³-hybridized carbons (Fsp3) is 0.557. The number of hydrazone groups is 1. The number of nitrogens with zero attached hydrogens (tertiary/aromatic N) is 3. The first-order valence-electron chi connectivity index (χ1n) is 33.2. The number of amides is 1. The topological polar surface area (TPSA) is 386 Å². The molecule has 99 heavy (non-hydrogen) atoms. The molecule has 6 fully saturated rings. The van der Waals surface area contributed by atoms with Crippen LogP contribution in [-0.4, -0.2) is 233 Å². The summed E-state index contributed by atoms with van der Waals surface area (Å²) in [5, 5.41) is 85.9. The van der Waals surface area contributed by atoms with Crippen LogP contribution in [0.3, 0.4) is 0 Å². The third-order valence-electron chi connectivity index (χ3n) is 20.9. The van der Waals surface area contributed by atoms with Crippen LogP contribution in [0.15, 0.2) is 41.5 Å². The fourth-order valence-electron chi connectivity index (χ4n) is 16.1. The predicted octanol–water partition coefficient (Wildman–Crippen LogP) is 3.65. The molecule has 14 rings (SSSR count). The second-order valence-electron chi connectivity index (χ2n) is 27.3. The molecule has 4 aliphatic carbocycles. The molecule has 6 aliphatic heterocycles. The van der Waals surface area contributed by atoms with Crippen LogP contribution in [0.2, 0.25) is 0 Å². The lowest BCUT2D eigenvalue weighted by molar-refractivity contribution is -0.256. The monoisotopic (exact) mass is 1380 g/mol. The van der Waals surface area contributed by atoms with Gasteiger partial charge in [-0.05, 0) is 26.0 Å². The molecule has 0 radical (unpaired) electrons. The number of methoxy groups -OCH3 is 4. The minimum Gasteiger partial charge on any atom is -0.507 e. The highest BCUT2D eigenvalue weighted by atomic mass is 16.7. The number of hydrogen-bond acceptors (Lipinski definition) is 28. The predicted molar refractivity (Wildman–Crippen MR) is 341 cm³/mol. The second kappa shape index (κ2) is 26.8. The van der Waals surface area contributed by atoms with E-state index in [1.165, 1.54) is 44.6 Å². The lowest BCUT2D eigenvalue weighted by Gasteiger charge is -2.44. The number of carbonyl (C=O) groups excluding carboxylic acids is 6. The van der Waals surface area contributed by atoms with E-state index in [1.54, 1.807) is 48.0 Å². The maximum absolute atomic E-state index is 14.1. The van der Waals surface area contributed by atoms with Gasteiger partial charge in [-0.3, -0.25) is 38.6 Å². The number of hydrogen-bond donors (Lipinski definition) is 8. The average Bonchev–Trinajstić information content (AvgIpc) is 1.61. The van der Waals surface area contributed by atoms with Crippen molar-refractivity contribution < 1.29 is 121 Å². The van der Waals surface area contributed by atoms with Gasteiger partial charge in [-0.2, -0.15) is 5.10 Å². The van der Waals surface area contributed by atoms with E-state index in [2.05, 4.69) is 20.3 Å². The first kappa shape index (κ1) is 70.0. The fourth-order valence-corrected chi connectivity index (χ4v) is 16.1. The molecule has 29 nitrogen and oxygen atoms in total. The number of carbonyl (C=O) groups is 6. The van der Waals surface area contributed by atoms with E-state index in [0.29, 0.717) is 32.7 Å². The number of nitrogens with one attached hydrogen (secondary N) is 1. The van der Waals surface area contributed by atoms with E-state index in [0.717, 1.165) is 0 Å². The number of ether oxygens (including phenoxy) is 12. The van der Waals surface area contributed by atoms with Crippen molar-refractivity contribution in [3.05, 3.63) is 103 Å². The number of fused-ring (bicyclic) bond motifs is 12. The molecule has 6 saturated heterocycles. The van der Waals surface area contributed by atoms with Gasteiger partial charge in [0.1, 0.15) is 57.9 Å². The first-order valence-corrected chi connectivity index (χ1v) is 33.2. The van der Waals surface area contributed by atoms with Crippen LogP contribution in [0, 0.1) is 11.8 Å². The Morgan fingerprint density at radius 1 is 0.596 bits per heavy atom. The summed E-state index contributed by atoms with van der Waals surface area (Å²) in [6.07, 6.45) is -8.85. The Morgan fingerprint density at radius 2 is 1.02 bits per heavy atom. The molecule has 0 saturated carbocycles. The summed E-state index contributed by atoms with van der Waals surface area (Å²) >= 11 is 0. The summed E-state index contributed by atoms with van der Waals surface area (Å²) in [6, 6.07) is 8.66. The largest absolute Gasteiger partial charge is 0.507 e. The normalized spacial score (nSPS) is 32.2. The Kier molecular flexibility index (Phi) is 19.0. The van der Waals surface area contributed by atoms with Gasteiger partial charge in [0.2, 0.25) is 17.5 Å². The minimum absolute atomic E-state index is 0.00341. The van der Waals surface area contributed by atoms with E-state index in [1.807, 2.05) is 13.8 Å². The quantitative estimate of drug-likeness (QED) is 0.0438. The maximum Gasteiger partial charge on any atom is 0.242 e. The van der Waals surface area contributed by atoms with Crippen molar-refractivity contribution in [2.45, 2.75) is 178 Å². The van der Waals surface area contributed by atoms with Gasteiger partial charge in [0, 0.05) is 123 Å². The Bertz CT molecular complexity index is 3990. The second-order valence-corrected chi connectivity index (χ2v) is 27.3. The summed E-state index contributed by atoms with van der Waals surface area (Å²) in [4.78, 5) is 85.9. The number of rotatable bonds is 14. The van der Waals surface area contributed by atoms with Crippen molar-refractivity contribution in [2.24, 2.45) is 16.9 Å². The molecule has 4 aromatic rings. The lowest BCUT2D eigenvalue weighted by atomic mass is 9.70. The van der Waals surface area contributed by atoms with Crippen LogP contribution in [-0.2, 0) is 69.8 Å². The van der Waals surface area contributed by atoms with Crippen LogP contribution in [0.5, 0.6) is 34.5 Å². The molecule has 1 unspecified atom stereocenters. The van der Waals surface area contributed by atoms with Crippen LogP contribution in [0.4, 0.5) is 0 Å². The highest BCUT2D eigenvalue weighted by molar-refractivity contribution is 6.32. The molecule has 0 bridgehead atoms. The van der Waals surface area contributed by atoms with E-state index >= 15 is 0 Å². The van der Waals surface area contributed by atoms with E-state index in [9.17, 15) is 64.5 Å². The van der Waals surface area contributed by atoms with Gasteiger partial charge in [0.25, 0.3) is 0 Å². The van der Waals surface area contributed by atoms with Gasteiger partial charge in [-0.1, -0.05) is 52.0 Å². The molecule has 0 spiro atoms. The standard InChI is InChI=1S/C36H43N3O13.C34H39NO12/c1-15(2)33(45)38-37-22(14-40)36(46)12-18-25(31(44)27-26(29(18)42)28(41)17-7-6-8-20(47-4)24(17)30(27)43)21(13-36)51-23-11-19-32(16(3)50-23)52-34-35(48-5)49-10-9-39(19)34;1-14(2)31(40)34(41)12-17-23(29(39)25-24(27(17)37)26(36)16-7-6-8-19(42-4)22(16)28(25)38)20(13-34)46-21-11-18-30(15(3)45-21)47-32-33(43-5)44-10-9-35(18)32/h6-8,15-16,19,21,23,32,34-35,40,42,44,46H,9-14H2,1-5H3,(H,38,45);6-8,14-15,18,20-21,30,32-33,37,39,41H,9-13H2,1-5H3/b37-22+;/t16-,19-,21-,23-,32+,34+,35-,36-;15-,18-,20-,21-,30?,32+,33-,34-/m00/s1. The highest BCUT2D eigenvalue weighted by Gasteiger charge is 2.58. The molecular weight excluding hydrogens is 1300 g/mol. The maximum atomic E-state index is 14.1. The van der Waals surface area contributed by atoms with Crippen molar-refractivity contribution in [3.8, 4) is 34.5 Å². The SMILES string of the molecule is COc1cccc2c1C(=O)c1c(O)c3c(c(O)c1C2=O)C[C@@](O)(/C(CO)=N/NC(=O)C(C)C)C[C@@H]3O[C@H]1C[C@H]2[C@H](O[C@@H]3[C@@H](OC)OCCN32)[C@H](C)O1.COc1cccc2c1C(=O)c1c(O)c3c(c(O)c1C2=O)C[C@@](O)(C(=O)C(C)C)C[C@@H]3O[C@H]1C[C@H]2C(O[C@@H]3[C@@H](OC)OCCN32)[C@H](C)O1. The summed E-state index contributed by atoms with van der Waals surface area (Å²) in [7, 11) is 5.81. The first-order chi connectivity index (χ1) is 47.2. The minimum atomic E-state index is -2.07. The number of aliphatic hydroxyl groups is 3.